The topological polar surface area (TPSA) is 481 Å². The van der Waals surface area contributed by atoms with Crippen molar-refractivity contribution in [1.82, 2.24) is 51.9 Å². The van der Waals surface area contributed by atoms with Crippen molar-refractivity contribution in [2.45, 2.75) is 176 Å². The molecule has 12 atom stereocenters. The maximum absolute atomic E-state index is 14.9. The first-order valence-corrected chi connectivity index (χ1v) is 30.6. The minimum absolute atomic E-state index is 0.00471. The Balaban J connectivity index is 1.31. The van der Waals surface area contributed by atoms with Gasteiger partial charge in [-0.05, 0) is 139 Å². The Morgan fingerprint density at radius 2 is 1.06 bits per heavy atom. The zero-order chi connectivity index (χ0) is 65.6. The van der Waals surface area contributed by atoms with Crippen LogP contribution >= 0.6 is 12.6 Å². The van der Waals surface area contributed by atoms with Gasteiger partial charge in [0.1, 0.15) is 66.2 Å². The fourth-order valence-corrected chi connectivity index (χ4v) is 11.0. The molecule has 0 spiro atoms. The standard InChI is InChI=1S/C58H87N13O17S/c1-31(62-49(78)36(61)30-89)48(77)63-37(10-3-5-21-59)55(84)69-23-7-12-42(69)52(81)67-41(29-72)51(80)66-40(26-33-15-18-35(74)19-16-33)56(85)71-25-9-14-44(71)57(86)70-24-8-13-43(70)53(82)68-47(32(2)73)54(83)65-39(27-34-17-20-45(75)46(76)28-34)50(79)64-38(58(87)88)11-4-6-22-60/h15-20,28,31-32,36-44,47,72-76,89H,3-14,21-27,29-30,59-61H2,1-2H3,(H,62,78)(H,63,77)(H,64,79)(H,65,83)(H,66,80)(H,67,81)(H,68,82)(H,87,88). The summed E-state index contributed by atoms with van der Waals surface area (Å²) in [6, 6.07) is -5.37. The molecule has 3 fully saturated rings. The van der Waals surface area contributed by atoms with Crippen LogP contribution in [0, 0.1) is 0 Å². The summed E-state index contributed by atoms with van der Waals surface area (Å²) < 4.78 is 0. The van der Waals surface area contributed by atoms with E-state index in [-0.39, 0.29) is 88.2 Å². The number of aliphatic carboxylic acids is 1. The summed E-state index contributed by atoms with van der Waals surface area (Å²) in [7, 11) is 0. The predicted molar refractivity (Wildman–Crippen MR) is 323 cm³/mol. The zero-order valence-electron chi connectivity index (χ0n) is 50.0. The summed E-state index contributed by atoms with van der Waals surface area (Å²) in [5, 5.41) is 79.2. The fourth-order valence-electron chi connectivity index (χ4n) is 10.9. The fraction of sp³-hybridized carbons (Fsp3) is 0.603. The Morgan fingerprint density at radius 1 is 0.562 bits per heavy atom. The molecule has 5 rings (SSSR count). The molecule has 492 valence electrons. The third kappa shape index (κ3) is 20.3. The Morgan fingerprint density at radius 3 is 1.63 bits per heavy atom. The number of nitrogens with two attached hydrogens (primary N) is 3. The average molecular weight is 1270 g/mol. The van der Waals surface area contributed by atoms with Gasteiger partial charge in [-0.25, -0.2) is 4.79 Å². The number of thiol groups is 1. The zero-order valence-corrected chi connectivity index (χ0v) is 50.9. The second kappa shape index (κ2) is 34.8. The van der Waals surface area contributed by atoms with E-state index in [1.807, 2.05) is 0 Å². The molecule has 3 aliphatic heterocycles. The number of amides is 10. The summed E-state index contributed by atoms with van der Waals surface area (Å²) in [5.74, 6) is -10.6. The van der Waals surface area contributed by atoms with Crippen LogP contribution in [0.2, 0.25) is 0 Å². The van der Waals surface area contributed by atoms with Gasteiger partial charge in [0.2, 0.25) is 59.1 Å². The predicted octanol–water partition coefficient (Wildman–Crippen LogP) is -4.05. The highest BCUT2D eigenvalue weighted by molar-refractivity contribution is 7.80. The van der Waals surface area contributed by atoms with Crippen molar-refractivity contribution in [1.29, 1.82) is 0 Å². The summed E-state index contributed by atoms with van der Waals surface area (Å²) in [5.41, 5.74) is 17.7. The number of aliphatic hydroxyl groups excluding tert-OH is 2. The number of aliphatic hydroxyl groups is 2. The Hall–Kier alpha value is -7.84. The number of carboxylic acid groups (broad SMARTS) is 1. The Bertz CT molecular complexity index is 2820. The van der Waals surface area contributed by atoms with E-state index in [1.54, 1.807) is 0 Å². The lowest BCUT2D eigenvalue weighted by Crippen LogP contribution is -2.61. The van der Waals surface area contributed by atoms with Crippen LogP contribution in [0.4, 0.5) is 0 Å². The monoisotopic (exact) mass is 1270 g/mol. The number of carboxylic acids is 1. The number of phenols is 3. The molecule has 2 aromatic rings. The highest BCUT2D eigenvalue weighted by Crippen LogP contribution is 2.28. The number of likely N-dealkylation sites (tertiary alicyclic amines) is 3. The SMILES string of the molecule is CC(NC(=O)C(N)CS)C(=O)NC(CCCCN)C(=O)N1CCCC1C(=O)NC(CO)C(=O)NC(Cc1ccc(O)cc1)C(=O)N1CCCC1C(=O)N1CCCC1C(=O)NC(C(=O)NC(Cc1ccc(O)c(O)c1)C(=O)NC(CCCCN)C(=O)O)C(C)O. The van der Waals surface area contributed by atoms with Gasteiger partial charge in [-0.1, -0.05) is 18.2 Å². The van der Waals surface area contributed by atoms with E-state index in [0.717, 1.165) is 12.1 Å². The van der Waals surface area contributed by atoms with E-state index in [1.165, 1.54) is 58.9 Å². The lowest BCUT2D eigenvalue weighted by Gasteiger charge is -2.34. The first-order valence-electron chi connectivity index (χ1n) is 29.9. The highest BCUT2D eigenvalue weighted by atomic mass is 32.1. The lowest BCUT2D eigenvalue weighted by molar-refractivity contribution is -0.148. The van der Waals surface area contributed by atoms with Crippen molar-refractivity contribution in [3.05, 3.63) is 53.6 Å². The molecule has 0 aromatic heterocycles. The van der Waals surface area contributed by atoms with Crippen LogP contribution in [0.1, 0.15) is 102 Å². The minimum atomic E-state index is -1.76. The molecule has 0 saturated carbocycles. The number of benzene rings is 2. The molecule has 0 aliphatic carbocycles. The van der Waals surface area contributed by atoms with Gasteiger partial charge < -0.3 is 99.8 Å². The first-order chi connectivity index (χ1) is 42.3. The van der Waals surface area contributed by atoms with E-state index in [2.05, 4.69) is 49.8 Å². The number of carbonyl (C=O) groups is 11. The molecule has 19 N–H and O–H groups in total. The van der Waals surface area contributed by atoms with Crippen LogP contribution in [0.15, 0.2) is 42.5 Å². The van der Waals surface area contributed by atoms with Crippen molar-refractivity contribution in [2.75, 3.05) is 45.1 Å². The quantitative estimate of drug-likeness (QED) is 0.0184. The minimum Gasteiger partial charge on any atom is -0.508 e. The highest BCUT2D eigenvalue weighted by Gasteiger charge is 2.46. The second-order valence-corrected chi connectivity index (χ2v) is 23.0. The average Bonchev–Trinajstić information content (AvgIpc) is 2.00. The van der Waals surface area contributed by atoms with Crippen molar-refractivity contribution >= 4 is 77.7 Å². The number of hydrogen-bond acceptors (Lipinski definition) is 20. The van der Waals surface area contributed by atoms with E-state index in [9.17, 15) is 83.4 Å². The third-order valence-corrected chi connectivity index (χ3v) is 16.3. The number of nitrogens with one attached hydrogen (secondary N) is 7. The number of rotatable bonds is 33. The van der Waals surface area contributed by atoms with E-state index >= 15 is 0 Å². The molecule has 3 heterocycles. The van der Waals surface area contributed by atoms with Gasteiger partial charge >= 0.3 is 5.97 Å². The van der Waals surface area contributed by atoms with Gasteiger partial charge in [-0.2, -0.15) is 12.6 Å². The van der Waals surface area contributed by atoms with E-state index < -0.39 is 156 Å². The molecule has 30 nitrogen and oxygen atoms in total. The molecule has 89 heavy (non-hydrogen) atoms. The molecule has 0 radical (unpaired) electrons. The van der Waals surface area contributed by atoms with Gasteiger partial charge in [0, 0.05) is 38.2 Å². The second-order valence-electron chi connectivity index (χ2n) is 22.6. The van der Waals surface area contributed by atoms with Crippen molar-refractivity contribution < 1.29 is 83.4 Å². The third-order valence-electron chi connectivity index (χ3n) is 15.9. The Kier molecular flexibility index (Phi) is 28.1. The molecular formula is C58H87N13O17S. The first kappa shape index (κ1) is 71.9. The summed E-state index contributed by atoms with van der Waals surface area (Å²) in [6.45, 7) is 2.33. The van der Waals surface area contributed by atoms with Gasteiger partial charge in [0.25, 0.3) is 0 Å². The number of hydrogen-bond donors (Lipinski definition) is 17. The Labute approximate surface area is 520 Å². The molecule has 31 heteroatoms. The van der Waals surface area contributed by atoms with Gasteiger partial charge in [-0.3, -0.25) is 47.9 Å². The van der Waals surface area contributed by atoms with Crippen molar-refractivity contribution in [3.8, 4) is 17.2 Å². The number of carbonyl (C=O) groups excluding carboxylic acids is 10. The molecule has 3 aliphatic rings. The van der Waals surface area contributed by atoms with Crippen molar-refractivity contribution in [3.63, 3.8) is 0 Å². The number of nitrogens with zero attached hydrogens (tertiary/aromatic N) is 3. The molecule has 0 bridgehead atoms. The molecule has 12 unspecified atom stereocenters. The maximum Gasteiger partial charge on any atom is 0.326 e. The van der Waals surface area contributed by atoms with Crippen molar-refractivity contribution in [2.24, 2.45) is 17.2 Å². The summed E-state index contributed by atoms with van der Waals surface area (Å²) >= 11 is 4.01. The smallest absolute Gasteiger partial charge is 0.326 e. The van der Waals surface area contributed by atoms with Crippen LogP contribution < -0.4 is 54.4 Å². The number of phenolic OH excluding ortho intramolecular Hbond substituents is 3. The molecule has 10 amide bonds. The number of unbranched alkanes of at least 4 members (excludes halogenated alkanes) is 2. The van der Waals surface area contributed by atoms with Crippen LogP contribution in [-0.2, 0) is 65.6 Å². The van der Waals surface area contributed by atoms with E-state index in [4.69, 9.17) is 17.2 Å². The molecule has 3 saturated heterocycles. The summed E-state index contributed by atoms with van der Waals surface area (Å²) in [4.78, 5) is 156. The van der Waals surface area contributed by atoms with Gasteiger partial charge in [-0.15, -0.1) is 0 Å². The van der Waals surface area contributed by atoms with Crippen LogP contribution in [0.5, 0.6) is 17.2 Å². The van der Waals surface area contributed by atoms with E-state index in [0.29, 0.717) is 57.1 Å². The largest absolute Gasteiger partial charge is 0.508 e. The summed E-state index contributed by atoms with van der Waals surface area (Å²) in [6.07, 6.45) is 0.972. The molecule has 2 aromatic carbocycles. The van der Waals surface area contributed by atoms with Gasteiger partial charge in [0.05, 0.1) is 18.8 Å². The maximum atomic E-state index is 14.9. The van der Waals surface area contributed by atoms with Gasteiger partial charge in [0.15, 0.2) is 11.5 Å². The number of aromatic hydroxyl groups is 3. The molecular weight excluding hydrogens is 1180 g/mol. The van der Waals surface area contributed by atoms with Crippen LogP contribution in [0.25, 0.3) is 0 Å². The van der Waals surface area contributed by atoms with Crippen LogP contribution in [-0.4, -0.2) is 228 Å². The normalized spacial score (nSPS) is 19.5. The lowest BCUT2D eigenvalue weighted by atomic mass is 10.0. The van der Waals surface area contributed by atoms with Crippen LogP contribution in [0.3, 0.4) is 0 Å².